The van der Waals surface area contributed by atoms with Gasteiger partial charge in [-0.05, 0) is 24.1 Å². The first-order valence-electron chi connectivity index (χ1n) is 10.6. The summed E-state index contributed by atoms with van der Waals surface area (Å²) in [4.78, 5) is 37.9. The normalized spacial score (nSPS) is 11.8. The molecule has 0 saturated heterocycles. The van der Waals surface area contributed by atoms with E-state index < -0.39 is 17.8 Å². The monoisotopic (exact) mass is 441 g/mol. The largest absolute Gasteiger partial charge is 0.481 e. The molecule has 0 saturated carbocycles. The van der Waals surface area contributed by atoms with Crippen LogP contribution in [0.5, 0.6) is 0 Å². The van der Waals surface area contributed by atoms with Crippen molar-refractivity contribution in [2.24, 2.45) is 0 Å². The van der Waals surface area contributed by atoms with Crippen LogP contribution in [0.1, 0.15) is 33.1 Å². The van der Waals surface area contributed by atoms with Gasteiger partial charge in [-0.15, -0.1) is 0 Å². The van der Waals surface area contributed by atoms with Crippen LogP contribution in [0.25, 0.3) is 10.8 Å². The third-order valence-electron chi connectivity index (χ3n) is 5.50. The van der Waals surface area contributed by atoms with Crippen LogP contribution in [0.2, 0.25) is 0 Å². The average Bonchev–Trinajstić information content (AvgIpc) is 2.82. The van der Waals surface area contributed by atoms with Crippen LogP contribution in [0.3, 0.4) is 0 Å². The fourth-order valence-electron chi connectivity index (χ4n) is 3.69. The predicted octanol–water partition coefficient (Wildman–Crippen LogP) is 3.35. The van der Waals surface area contributed by atoms with Crippen molar-refractivity contribution in [3.8, 4) is 0 Å². The van der Waals surface area contributed by atoms with Crippen LogP contribution >= 0.6 is 0 Å². The van der Waals surface area contributed by atoms with E-state index in [2.05, 4.69) is 10.4 Å². The number of nitrogens with one attached hydrogen (secondary N) is 1. The number of carbonyl (C=O) groups is 2. The van der Waals surface area contributed by atoms with Crippen LogP contribution in [0.15, 0.2) is 83.7 Å². The first kappa shape index (κ1) is 22.0. The van der Waals surface area contributed by atoms with Crippen LogP contribution in [-0.2, 0) is 11.3 Å². The third-order valence-corrected chi connectivity index (χ3v) is 5.50. The minimum absolute atomic E-state index is 0.0779. The van der Waals surface area contributed by atoms with Gasteiger partial charge in [-0.3, -0.25) is 14.4 Å². The van der Waals surface area contributed by atoms with Crippen molar-refractivity contribution in [1.82, 2.24) is 15.1 Å². The molecule has 1 heterocycles. The molecule has 0 aliphatic carbocycles. The molecule has 0 aliphatic heterocycles. The average molecular weight is 441 g/mol. The molecule has 1 aromatic heterocycles. The maximum atomic E-state index is 13.1. The Bertz CT molecular complexity index is 1360. The van der Waals surface area contributed by atoms with E-state index in [1.54, 1.807) is 36.4 Å². The smallest absolute Gasteiger partial charge is 0.312 e. The number of fused-ring (bicyclic) bond motifs is 1. The van der Waals surface area contributed by atoms with Crippen molar-refractivity contribution in [3.63, 3.8) is 0 Å². The van der Waals surface area contributed by atoms with Gasteiger partial charge in [-0.2, -0.15) is 5.10 Å². The summed E-state index contributed by atoms with van der Waals surface area (Å²) in [5.41, 5.74) is 2.27. The number of hydrogen-bond acceptors (Lipinski definition) is 4. The van der Waals surface area contributed by atoms with Gasteiger partial charge in [-0.25, -0.2) is 4.68 Å². The van der Waals surface area contributed by atoms with Gasteiger partial charge in [0, 0.05) is 11.9 Å². The van der Waals surface area contributed by atoms with Crippen molar-refractivity contribution in [2.75, 3.05) is 6.54 Å². The number of carbonyl (C=O) groups excluding carboxylic acids is 1. The van der Waals surface area contributed by atoms with Crippen molar-refractivity contribution in [1.29, 1.82) is 0 Å². The number of benzene rings is 3. The lowest BCUT2D eigenvalue weighted by Gasteiger charge is -2.15. The minimum Gasteiger partial charge on any atom is -0.481 e. The second-order valence-corrected chi connectivity index (χ2v) is 7.85. The van der Waals surface area contributed by atoms with Gasteiger partial charge in [0.15, 0.2) is 5.69 Å². The lowest BCUT2D eigenvalue weighted by molar-refractivity contribution is -0.138. The van der Waals surface area contributed by atoms with Crippen LogP contribution < -0.4 is 10.9 Å². The van der Waals surface area contributed by atoms with Gasteiger partial charge in [-0.1, -0.05) is 78.4 Å². The van der Waals surface area contributed by atoms with Gasteiger partial charge >= 0.3 is 5.97 Å². The number of aliphatic carboxylic acids is 1. The summed E-state index contributed by atoms with van der Waals surface area (Å²) in [5, 5.41) is 17.5. The molecule has 4 rings (SSSR count). The summed E-state index contributed by atoms with van der Waals surface area (Å²) in [6.07, 6.45) is 0. The fraction of sp³-hybridized carbons (Fsp3) is 0.154. The third kappa shape index (κ3) is 4.82. The van der Waals surface area contributed by atoms with E-state index in [-0.39, 0.29) is 24.3 Å². The van der Waals surface area contributed by atoms with E-state index in [9.17, 15) is 19.5 Å². The highest BCUT2D eigenvalue weighted by atomic mass is 16.4. The molecular weight excluding hydrogens is 418 g/mol. The summed E-state index contributed by atoms with van der Waals surface area (Å²) in [6, 6.07) is 23.3. The number of aromatic nitrogens is 2. The highest BCUT2D eigenvalue weighted by molar-refractivity contribution is 6.04. The van der Waals surface area contributed by atoms with E-state index in [4.69, 9.17) is 0 Å². The Morgan fingerprint density at radius 1 is 0.939 bits per heavy atom. The number of carboxylic acids is 1. The van der Waals surface area contributed by atoms with Crippen LogP contribution in [0, 0.1) is 6.92 Å². The Morgan fingerprint density at radius 3 is 2.24 bits per heavy atom. The summed E-state index contributed by atoms with van der Waals surface area (Å²) >= 11 is 0. The van der Waals surface area contributed by atoms with E-state index in [0.717, 1.165) is 11.1 Å². The maximum absolute atomic E-state index is 13.1. The molecule has 1 atom stereocenters. The molecule has 0 bridgehead atoms. The number of hydrogen-bond donors (Lipinski definition) is 2. The van der Waals surface area contributed by atoms with Crippen molar-refractivity contribution in [2.45, 2.75) is 19.4 Å². The molecule has 0 fully saturated rings. The van der Waals surface area contributed by atoms with E-state index in [1.807, 2.05) is 49.4 Å². The van der Waals surface area contributed by atoms with Gasteiger partial charge in [0.1, 0.15) is 0 Å². The van der Waals surface area contributed by atoms with E-state index in [0.29, 0.717) is 16.3 Å². The molecule has 0 spiro atoms. The molecule has 2 N–H and O–H groups in total. The Morgan fingerprint density at radius 2 is 1.58 bits per heavy atom. The van der Waals surface area contributed by atoms with Crippen molar-refractivity contribution < 1.29 is 14.7 Å². The molecule has 7 nitrogen and oxygen atoms in total. The zero-order valence-corrected chi connectivity index (χ0v) is 18.1. The lowest BCUT2D eigenvalue weighted by Crippen LogP contribution is -2.34. The van der Waals surface area contributed by atoms with Gasteiger partial charge in [0.25, 0.3) is 11.5 Å². The molecule has 4 aromatic rings. The number of nitrogens with zero attached hydrogens (tertiary/aromatic N) is 2. The SMILES string of the molecule is Cc1ccc(C(CNC(=O)c2nn(Cc3ccccc3)c(=O)c3ccccc23)C(=O)O)cc1. The number of amides is 1. The predicted molar refractivity (Wildman–Crippen MR) is 125 cm³/mol. The second-order valence-electron chi connectivity index (χ2n) is 7.85. The first-order chi connectivity index (χ1) is 15.9. The highest BCUT2D eigenvalue weighted by Crippen LogP contribution is 2.18. The molecule has 7 heteroatoms. The van der Waals surface area contributed by atoms with Gasteiger partial charge in [0.05, 0.1) is 17.8 Å². The van der Waals surface area contributed by atoms with Crippen LogP contribution in [-0.4, -0.2) is 33.3 Å². The summed E-state index contributed by atoms with van der Waals surface area (Å²) in [7, 11) is 0. The highest BCUT2D eigenvalue weighted by Gasteiger charge is 2.23. The molecule has 1 amide bonds. The lowest BCUT2D eigenvalue weighted by atomic mass is 9.98. The Balaban J connectivity index is 1.65. The zero-order valence-electron chi connectivity index (χ0n) is 18.1. The molecule has 166 valence electrons. The Kier molecular flexibility index (Phi) is 6.31. The summed E-state index contributed by atoms with van der Waals surface area (Å²) < 4.78 is 1.27. The molecule has 0 aliphatic rings. The van der Waals surface area contributed by atoms with Gasteiger partial charge in [0.2, 0.25) is 0 Å². The summed E-state index contributed by atoms with van der Waals surface area (Å²) in [6.45, 7) is 2.03. The molecule has 0 radical (unpaired) electrons. The molecule has 3 aromatic carbocycles. The standard InChI is InChI=1S/C26H23N3O4/c1-17-11-13-19(14-12-17)22(26(32)33)15-27-24(30)23-20-9-5-6-10-21(20)25(31)29(28-23)16-18-7-3-2-4-8-18/h2-14,22H,15-16H2,1H3,(H,27,30)(H,32,33). The maximum Gasteiger partial charge on any atom is 0.312 e. The number of carboxylic acid groups (broad SMARTS) is 1. The molecule has 1 unspecified atom stereocenters. The fourth-order valence-corrected chi connectivity index (χ4v) is 3.69. The topological polar surface area (TPSA) is 101 Å². The Labute approximate surface area is 190 Å². The van der Waals surface area contributed by atoms with Crippen molar-refractivity contribution in [3.05, 3.63) is 112 Å². The van der Waals surface area contributed by atoms with Gasteiger partial charge < -0.3 is 10.4 Å². The second kappa shape index (κ2) is 9.48. The number of aryl methyl sites for hydroxylation is 1. The summed E-state index contributed by atoms with van der Waals surface area (Å²) in [5.74, 6) is -2.48. The number of rotatable bonds is 7. The first-order valence-corrected chi connectivity index (χ1v) is 10.6. The Hall–Kier alpha value is -4.26. The quantitative estimate of drug-likeness (QED) is 0.458. The van der Waals surface area contributed by atoms with Crippen LogP contribution in [0.4, 0.5) is 0 Å². The van der Waals surface area contributed by atoms with E-state index >= 15 is 0 Å². The zero-order chi connectivity index (χ0) is 23.4. The van der Waals surface area contributed by atoms with Crippen molar-refractivity contribution >= 4 is 22.6 Å². The minimum atomic E-state index is -1.04. The molecule has 33 heavy (non-hydrogen) atoms. The molecular formula is C26H23N3O4. The van der Waals surface area contributed by atoms with E-state index in [1.165, 1.54) is 4.68 Å².